The van der Waals surface area contributed by atoms with Crippen LogP contribution in [0.1, 0.15) is 27.2 Å². The maximum Gasteiger partial charge on any atom is 0.405 e. The molecule has 6 heteroatoms. The number of alkyl halides is 1. The van der Waals surface area contributed by atoms with Gasteiger partial charge in [-0.2, -0.15) is 0 Å². The van der Waals surface area contributed by atoms with E-state index in [0.717, 1.165) is 0 Å². The molecule has 2 N–H and O–H groups in total. The van der Waals surface area contributed by atoms with Crippen molar-refractivity contribution in [3.63, 3.8) is 0 Å². The zero-order valence-corrected chi connectivity index (χ0v) is 9.04. The smallest absolute Gasteiger partial charge is 0.405 e. The molecule has 0 aliphatic heterocycles. The number of hydrogen-bond donors (Lipinski definition) is 2. The first-order valence-corrected chi connectivity index (χ1v) is 4.54. The molecule has 0 saturated heterocycles. The molecule has 0 heterocycles. The normalized spacial score (nSPS) is 13.1. The molecule has 5 nitrogen and oxygen atoms in total. The highest BCUT2D eigenvalue weighted by Gasteiger charge is 2.26. The van der Waals surface area contributed by atoms with E-state index in [4.69, 9.17) is 9.84 Å². The lowest BCUT2D eigenvalue weighted by Crippen LogP contribution is -2.43. The standard InChI is InChI=1S/C9H16FNO4/c1-9(2,3)15-7(12)6(4-5-10)11-8(13)14/h6,11H,4-5H2,1-3H3,(H,13,14). The Kier molecular flexibility index (Phi) is 5.04. The minimum absolute atomic E-state index is 0.221. The van der Waals surface area contributed by atoms with Crippen molar-refractivity contribution in [1.29, 1.82) is 0 Å². The van der Waals surface area contributed by atoms with Crippen LogP contribution in [0.25, 0.3) is 0 Å². The zero-order valence-electron chi connectivity index (χ0n) is 9.04. The Morgan fingerprint density at radius 1 is 1.47 bits per heavy atom. The van der Waals surface area contributed by atoms with Crippen LogP contribution >= 0.6 is 0 Å². The lowest BCUT2D eigenvalue weighted by molar-refractivity contribution is -0.157. The molecule has 1 atom stereocenters. The Labute approximate surface area is 87.6 Å². The number of carboxylic acid groups (broad SMARTS) is 1. The Morgan fingerprint density at radius 3 is 2.33 bits per heavy atom. The van der Waals surface area contributed by atoms with Gasteiger partial charge in [-0.3, -0.25) is 4.39 Å². The van der Waals surface area contributed by atoms with Crippen molar-refractivity contribution < 1.29 is 23.8 Å². The fourth-order valence-corrected chi connectivity index (χ4v) is 0.880. The molecule has 0 radical (unpaired) electrons. The van der Waals surface area contributed by atoms with Crippen molar-refractivity contribution in [3.05, 3.63) is 0 Å². The van der Waals surface area contributed by atoms with Crippen LogP contribution in [0.4, 0.5) is 9.18 Å². The van der Waals surface area contributed by atoms with Gasteiger partial charge in [-0.05, 0) is 20.8 Å². The molecule has 0 bridgehead atoms. The first kappa shape index (κ1) is 13.7. The summed E-state index contributed by atoms with van der Waals surface area (Å²) in [4.78, 5) is 21.7. The van der Waals surface area contributed by atoms with E-state index in [1.54, 1.807) is 20.8 Å². The Morgan fingerprint density at radius 2 is 2.00 bits per heavy atom. The number of ether oxygens (including phenoxy) is 1. The first-order valence-electron chi connectivity index (χ1n) is 4.54. The van der Waals surface area contributed by atoms with Gasteiger partial charge in [-0.25, -0.2) is 9.59 Å². The molecule has 0 aliphatic rings. The highest BCUT2D eigenvalue weighted by Crippen LogP contribution is 2.09. The number of hydrogen-bond acceptors (Lipinski definition) is 3. The van der Waals surface area contributed by atoms with Crippen LogP contribution < -0.4 is 5.32 Å². The van der Waals surface area contributed by atoms with Gasteiger partial charge >= 0.3 is 12.1 Å². The number of rotatable bonds is 4. The van der Waals surface area contributed by atoms with E-state index in [1.165, 1.54) is 0 Å². The average Bonchev–Trinajstić information content (AvgIpc) is 1.99. The van der Waals surface area contributed by atoms with Gasteiger partial charge in [0.05, 0.1) is 6.67 Å². The lowest BCUT2D eigenvalue weighted by Gasteiger charge is -2.23. The highest BCUT2D eigenvalue weighted by molar-refractivity contribution is 5.80. The summed E-state index contributed by atoms with van der Waals surface area (Å²) in [5.74, 6) is -0.762. The summed E-state index contributed by atoms with van der Waals surface area (Å²) in [5.41, 5.74) is -0.716. The third-order valence-electron chi connectivity index (χ3n) is 1.39. The molecule has 0 fully saturated rings. The van der Waals surface area contributed by atoms with E-state index in [2.05, 4.69) is 0 Å². The highest BCUT2D eigenvalue weighted by atomic mass is 19.1. The molecule has 0 aromatic heterocycles. The maximum atomic E-state index is 12.0. The molecular formula is C9H16FNO4. The van der Waals surface area contributed by atoms with Crippen LogP contribution in [-0.4, -0.2) is 35.5 Å². The van der Waals surface area contributed by atoms with Crippen LogP contribution in [0.3, 0.4) is 0 Å². The number of esters is 1. The van der Waals surface area contributed by atoms with E-state index >= 15 is 0 Å². The fraction of sp³-hybridized carbons (Fsp3) is 0.778. The van der Waals surface area contributed by atoms with Crippen LogP contribution in [0.5, 0.6) is 0 Å². The molecule has 0 rings (SSSR count). The SMILES string of the molecule is CC(C)(C)OC(=O)C(CCF)NC(=O)O. The number of nitrogens with one attached hydrogen (secondary N) is 1. The van der Waals surface area contributed by atoms with Crippen molar-refractivity contribution in [1.82, 2.24) is 5.32 Å². The summed E-state index contributed by atoms with van der Waals surface area (Å²) >= 11 is 0. The predicted octanol–water partition coefficient (Wildman–Crippen LogP) is 1.32. The van der Waals surface area contributed by atoms with Gasteiger partial charge in [0.1, 0.15) is 11.6 Å². The predicted molar refractivity (Wildman–Crippen MR) is 51.4 cm³/mol. The molecule has 0 saturated carbocycles. The third-order valence-corrected chi connectivity index (χ3v) is 1.39. The summed E-state index contributed by atoms with van der Waals surface area (Å²) in [5, 5.41) is 10.3. The molecule has 0 aromatic rings. The Balaban J connectivity index is 4.35. The minimum Gasteiger partial charge on any atom is -0.465 e. The largest absolute Gasteiger partial charge is 0.465 e. The number of carbonyl (C=O) groups excluding carboxylic acids is 1. The summed E-state index contributed by atoms with van der Waals surface area (Å²) < 4.78 is 17.0. The molecule has 1 amide bonds. The van der Waals surface area contributed by atoms with Crippen LogP contribution in [0.2, 0.25) is 0 Å². The Bertz CT molecular complexity index is 237. The molecule has 15 heavy (non-hydrogen) atoms. The van der Waals surface area contributed by atoms with E-state index in [0.29, 0.717) is 0 Å². The average molecular weight is 221 g/mol. The van der Waals surface area contributed by atoms with E-state index < -0.39 is 30.4 Å². The van der Waals surface area contributed by atoms with Gasteiger partial charge in [0.2, 0.25) is 0 Å². The third kappa shape index (κ3) is 6.70. The molecule has 88 valence electrons. The van der Waals surface area contributed by atoms with Crippen molar-refractivity contribution in [2.75, 3.05) is 6.67 Å². The molecule has 0 aromatic carbocycles. The van der Waals surface area contributed by atoms with Crippen molar-refractivity contribution in [2.24, 2.45) is 0 Å². The topological polar surface area (TPSA) is 75.6 Å². The molecule has 1 unspecified atom stereocenters. The van der Waals surface area contributed by atoms with Crippen molar-refractivity contribution >= 4 is 12.1 Å². The van der Waals surface area contributed by atoms with Gasteiger partial charge in [0.15, 0.2) is 0 Å². The second kappa shape index (κ2) is 5.53. The number of halogens is 1. The summed E-state index contributed by atoms with van der Waals surface area (Å²) in [6.07, 6.45) is -1.60. The summed E-state index contributed by atoms with van der Waals surface area (Å²) in [6, 6.07) is -1.15. The van der Waals surface area contributed by atoms with Crippen LogP contribution in [0.15, 0.2) is 0 Å². The lowest BCUT2D eigenvalue weighted by atomic mass is 10.1. The zero-order chi connectivity index (χ0) is 12.1. The second-order valence-electron chi connectivity index (χ2n) is 4.01. The molecule has 0 aliphatic carbocycles. The maximum absolute atomic E-state index is 12.0. The first-order chi connectivity index (χ1) is 6.76. The van der Waals surface area contributed by atoms with Crippen LogP contribution in [0, 0.1) is 0 Å². The van der Waals surface area contributed by atoms with E-state index in [1.807, 2.05) is 5.32 Å². The van der Waals surface area contributed by atoms with Crippen LogP contribution in [-0.2, 0) is 9.53 Å². The van der Waals surface area contributed by atoms with Gasteiger partial charge < -0.3 is 15.2 Å². The quantitative estimate of drug-likeness (QED) is 0.702. The number of amides is 1. The second-order valence-corrected chi connectivity index (χ2v) is 4.01. The Hall–Kier alpha value is -1.33. The van der Waals surface area contributed by atoms with Crippen molar-refractivity contribution in [3.8, 4) is 0 Å². The number of carbonyl (C=O) groups is 2. The van der Waals surface area contributed by atoms with Gasteiger partial charge in [0.25, 0.3) is 0 Å². The van der Waals surface area contributed by atoms with E-state index in [-0.39, 0.29) is 6.42 Å². The van der Waals surface area contributed by atoms with Gasteiger partial charge in [0, 0.05) is 6.42 Å². The molecular weight excluding hydrogens is 205 g/mol. The molecule has 0 spiro atoms. The van der Waals surface area contributed by atoms with Gasteiger partial charge in [-0.15, -0.1) is 0 Å². The monoisotopic (exact) mass is 221 g/mol. The van der Waals surface area contributed by atoms with Gasteiger partial charge in [-0.1, -0.05) is 0 Å². The summed E-state index contributed by atoms with van der Waals surface area (Å²) in [7, 11) is 0. The summed E-state index contributed by atoms with van der Waals surface area (Å²) in [6.45, 7) is 4.17. The fourth-order valence-electron chi connectivity index (χ4n) is 0.880. The minimum atomic E-state index is -1.38. The van der Waals surface area contributed by atoms with E-state index in [9.17, 15) is 14.0 Å². The van der Waals surface area contributed by atoms with Crippen molar-refractivity contribution in [2.45, 2.75) is 38.8 Å².